The van der Waals surface area contributed by atoms with Gasteiger partial charge < -0.3 is 5.11 Å². The summed E-state index contributed by atoms with van der Waals surface area (Å²) in [6.45, 7) is 10.1. The molecule has 2 unspecified atom stereocenters. The van der Waals surface area contributed by atoms with Crippen molar-refractivity contribution in [2.75, 3.05) is 0 Å². The van der Waals surface area contributed by atoms with Crippen LogP contribution in [0.1, 0.15) is 46.5 Å². The van der Waals surface area contributed by atoms with Gasteiger partial charge in [0, 0.05) is 11.8 Å². The van der Waals surface area contributed by atoms with Gasteiger partial charge in [-0.2, -0.15) is 0 Å². The van der Waals surface area contributed by atoms with Crippen LogP contribution in [0.2, 0.25) is 0 Å². The fourth-order valence-electron chi connectivity index (χ4n) is 3.30. The van der Waals surface area contributed by atoms with E-state index in [0.717, 1.165) is 24.8 Å². The van der Waals surface area contributed by atoms with Crippen molar-refractivity contribution in [1.82, 2.24) is 0 Å². The number of carbonyl (C=O) groups excluding carboxylic acids is 1. The number of Topliss-reactive ketones (excluding diaryl/α,β-unsaturated/α-hetero) is 1. The molecule has 0 aromatic rings. The second-order valence-electron chi connectivity index (χ2n) is 5.95. The molecule has 2 nitrogen and oxygen atoms in total. The zero-order valence-electron chi connectivity index (χ0n) is 11.0. The number of aliphatic hydroxyl groups excluding tert-OH is 1. The predicted octanol–water partition coefficient (Wildman–Crippen LogP) is 3.02. The van der Waals surface area contributed by atoms with Crippen molar-refractivity contribution < 1.29 is 9.90 Å². The number of ketones is 1. The van der Waals surface area contributed by atoms with Crippen LogP contribution in [0.5, 0.6) is 0 Å². The first-order valence-electron chi connectivity index (χ1n) is 6.43. The zero-order chi connectivity index (χ0) is 12.8. The number of hydrogen-bond acceptors (Lipinski definition) is 2. The summed E-state index contributed by atoms with van der Waals surface area (Å²) in [7, 11) is 0. The largest absolute Gasteiger partial charge is 0.392 e. The van der Waals surface area contributed by atoms with Crippen molar-refractivity contribution in [3.05, 3.63) is 23.3 Å². The third-order valence-electron chi connectivity index (χ3n) is 4.83. The van der Waals surface area contributed by atoms with Crippen LogP contribution in [0.3, 0.4) is 0 Å². The maximum Gasteiger partial charge on any atom is 0.161 e. The van der Waals surface area contributed by atoms with Gasteiger partial charge in [0.15, 0.2) is 5.78 Å². The van der Waals surface area contributed by atoms with Gasteiger partial charge in [0.1, 0.15) is 0 Å². The molecule has 17 heavy (non-hydrogen) atoms. The average Bonchev–Trinajstić information content (AvgIpc) is 2.26. The number of aliphatic hydroxyl groups is 1. The summed E-state index contributed by atoms with van der Waals surface area (Å²) in [5.74, 6) is 0.596. The standard InChI is InChI=1S/C15H22O2/c1-9(2)11-5-6-15(4)12(7-11)10(3)13(16)8-14(15)17/h11,14,17H,1,5-8H2,2-4H3/t11?,14?,15-/m1/s1. The molecule has 0 heterocycles. The first kappa shape index (κ1) is 12.6. The third kappa shape index (κ3) is 1.89. The van der Waals surface area contributed by atoms with Crippen LogP contribution in [-0.4, -0.2) is 17.0 Å². The molecule has 0 radical (unpaired) electrons. The van der Waals surface area contributed by atoms with Gasteiger partial charge in [0.05, 0.1) is 6.10 Å². The zero-order valence-corrected chi connectivity index (χ0v) is 11.0. The quantitative estimate of drug-likeness (QED) is 0.708. The number of fused-ring (bicyclic) bond motifs is 1. The van der Waals surface area contributed by atoms with Crippen LogP contribution in [0, 0.1) is 11.3 Å². The molecule has 0 saturated heterocycles. The number of hydrogen-bond donors (Lipinski definition) is 1. The summed E-state index contributed by atoms with van der Waals surface area (Å²) in [5.41, 5.74) is 3.09. The fourth-order valence-corrected chi connectivity index (χ4v) is 3.30. The van der Waals surface area contributed by atoms with E-state index in [1.807, 2.05) is 6.92 Å². The number of carbonyl (C=O) groups is 1. The Bertz CT molecular complexity index is 405. The van der Waals surface area contributed by atoms with E-state index in [9.17, 15) is 9.90 Å². The maximum absolute atomic E-state index is 11.8. The molecule has 2 aliphatic rings. The third-order valence-corrected chi connectivity index (χ3v) is 4.83. The molecule has 1 N–H and O–H groups in total. The minimum Gasteiger partial charge on any atom is -0.392 e. The van der Waals surface area contributed by atoms with Crippen LogP contribution >= 0.6 is 0 Å². The lowest BCUT2D eigenvalue weighted by molar-refractivity contribution is -0.121. The Hall–Kier alpha value is -0.890. The van der Waals surface area contributed by atoms with Gasteiger partial charge >= 0.3 is 0 Å². The summed E-state index contributed by atoms with van der Waals surface area (Å²) in [4.78, 5) is 11.8. The van der Waals surface area contributed by atoms with Gasteiger partial charge in [-0.25, -0.2) is 0 Å². The Kier molecular flexibility index (Phi) is 3.03. The van der Waals surface area contributed by atoms with E-state index in [2.05, 4.69) is 20.4 Å². The number of allylic oxidation sites excluding steroid dienone is 2. The van der Waals surface area contributed by atoms with Crippen LogP contribution in [0.15, 0.2) is 23.3 Å². The highest BCUT2D eigenvalue weighted by Gasteiger charge is 2.46. The molecule has 3 atom stereocenters. The van der Waals surface area contributed by atoms with E-state index in [4.69, 9.17) is 0 Å². The van der Waals surface area contributed by atoms with Gasteiger partial charge in [-0.05, 0) is 44.6 Å². The molecule has 0 spiro atoms. The van der Waals surface area contributed by atoms with Crippen molar-refractivity contribution in [3.8, 4) is 0 Å². The molecule has 2 aliphatic carbocycles. The Balaban J connectivity index is 2.40. The molecular weight excluding hydrogens is 212 g/mol. The van der Waals surface area contributed by atoms with Crippen molar-refractivity contribution in [3.63, 3.8) is 0 Å². The lowest BCUT2D eigenvalue weighted by Gasteiger charge is -2.46. The maximum atomic E-state index is 11.8. The lowest BCUT2D eigenvalue weighted by Crippen LogP contribution is -2.44. The van der Waals surface area contributed by atoms with E-state index in [0.29, 0.717) is 12.3 Å². The van der Waals surface area contributed by atoms with Crippen molar-refractivity contribution in [2.45, 2.75) is 52.6 Å². The summed E-state index contributed by atoms with van der Waals surface area (Å²) in [5, 5.41) is 10.2. The molecule has 0 aromatic heterocycles. The average molecular weight is 234 g/mol. The first-order valence-corrected chi connectivity index (χ1v) is 6.43. The smallest absolute Gasteiger partial charge is 0.161 e. The fraction of sp³-hybridized carbons (Fsp3) is 0.667. The normalized spacial score (nSPS) is 38.0. The molecule has 0 aliphatic heterocycles. The van der Waals surface area contributed by atoms with Crippen LogP contribution in [-0.2, 0) is 4.79 Å². The second kappa shape index (κ2) is 4.09. The highest BCUT2D eigenvalue weighted by atomic mass is 16.3. The SMILES string of the molecule is C=C(C)C1CC[C@]2(C)C(=C(C)C(=O)CC2O)C1. The lowest BCUT2D eigenvalue weighted by atomic mass is 9.59. The van der Waals surface area contributed by atoms with Crippen LogP contribution < -0.4 is 0 Å². The van der Waals surface area contributed by atoms with Crippen molar-refractivity contribution in [2.24, 2.45) is 11.3 Å². The minimum absolute atomic E-state index is 0.118. The summed E-state index contributed by atoms with van der Waals surface area (Å²) >= 11 is 0. The van der Waals surface area contributed by atoms with Crippen molar-refractivity contribution >= 4 is 5.78 Å². The Morgan fingerprint density at radius 2 is 2.12 bits per heavy atom. The predicted molar refractivity (Wildman–Crippen MR) is 68.6 cm³/mol. The molecule has 0 aromatic carbocycles. The van der Waals surface area contributed by atoms with Crippen LogP contribution in [0.25, 0.3) is 0 Å². The van der Waals surface area contributed by atoms with E-state index < -0.39 is 6.10 Å². The molecule has 94 valence electrons. The molecular formula is C15H22O2. The summed E-state index contributed by atoms with van der Waals surface area (Å²) in [6, 6.07) is 0. The van der Waals surface area contributed by atoms with E-state index in [1.54, 1.807) is 0 Å². The van der Waals surface area contributed by atoms with Gasteiger partial charge in [-0.15, -0.1) is 0 Å². The first-order chi connectivity index (χ1) is 7.86. The molecule has 1 fully saturated rings. The van der Waals surface area contributed by atoms with Gasteiger partial charge in [0.2, 0.25) is 0 Å². The monoisotopic (exact) mass is 234 g/mol. The number of rotatable bonds is 1. The highest BCUT2D eigenvalue weighted by molar-refractivity contribution is 5.97. The van der Waals surface area contributed by atoms with E-state index in [1.165, 1.54) is 11.1 Å². The summed E-state index contributed by atoms with van der Waals surface area (Å²) in [6.07, 6.45) is 2.74. The van der Waals surface area contributed by atoms with Gasteiger partial charge in [-0.3, -0.25) is 4.79 Å². The van der Waals surface area contributed by atoms with E-state index in [-0.39, 0.29) is 11.2 Å². The molecule has 0 bridgehead atoms. The van der Waals surface area contributed by atoms with Crippen LogP contribution in [0.4, 0.5) is 0 Å². The Morgan fingerprint density at radius 1 is 1.47 bits per heavy atom. The highest BCUT2D eigenvalue weighted by Crippen LogP contribution is 2.51. The molecule has 0 amide bonds. The summed E-state index contributed by atoms with van der Waals surface area (Å²) < 4.78 is 0. The van der Waals surface area contributed by atoms with E-state index >= 15 is 0 Å². The van der Waals surface area contributed by atoms with Crippen molar-refractivity contribution in [1.29, 1.82) is 0 Å². The molecule has 1 saturated carbocycles. The molecule has 2 heteroatoms. The minimum atomic E-state index is -0.500. The van der Waals surface area contributed by atoms with Gasteiger partial charge in [-0.1, -0.05) is 24.6 Å². The Morgan fingerprint density at radius 3 is 2.71 bits per heavy atom. The topological polar surface area (TPSA) is 37.3 Å². The Labute approximate surface area is 103 Å². The molecule has 2 rings (SSSR count). The second-order valence-corrected chi connectivity index (χ2v) is 5.95. The van der Waals surface area contributed by atoms with Gasteiger partial charge in [0.25, 0.3) is 0 Å².